The van der Waals surface area contributed by atoms with Gasteiger partial charge >= 0.3 is 0 Å². The lowest BCUT2D eigenvalue weighted by Crippen LogP contribution is -2.26. The van der Waals surface area contributed by atoms with Crippen molar-refractivity contribution in [3.8, 4) is 6.07 Å². The number of methoxy groups -OCH3 is 2. The van der Waals surface area contributed by atoms with Gasteiger partial charge < -0.3 is 14.8 Å². The van der Waals surface area contributed by atoms with Crippen LogP contribution in [0.15, 0.2) is 18.2 Å². The maximum absolute atomic E-state index is 13.3. The molecule has 0 radical (unpaired) electrons. The van der Waals surface area contributed by atoms with E-state index in [4.69, 9.17) is 14.7 Å². The maximum atomic E-state index is 13.3. The topological polar surface area (TPSA) is 54.3 Å². The Bertz CT molecular complexity index is 404. The molecule has 0 fully saturated rings. The van der Waals surface area contributed by atoms with E-state index in [2.05, 4.69) is 5.32 Å². The molecule has 0 saturated heterocycles. The number of nitriles is 1. The van der Waals surface area contributed by atoms with Crippen molar-refractivity contribution in [1.82, 2.24) is 0 Å². The lowest BCUT2D eigenvalue weighted by molar-refractivity contribution is 0.0365. The van der Waals surface area contributed by atoms with Gasteiger partial charge in [-0.1, -0.05) is 0 Å². The highest BCUT2D eigenvalue weighted by Gasteiger charge is 2.07. The van der Waals surface area contributed by atoms with Crippen LogP contribution in [0, 0.1) is 17.1 Å². The Kier molecular flexibility index (Phi) is 5.40. The fourth-order valence-corrected chi connectivity index (χ4v) is 1.34. The maximum Gasteiger partial charge on any atom is 0.143 e. The van der Waals surface area contributed by atoms with Crippen LogP contribution in [0.5, 0.6) is 0 Å². The molecule has 0 heterocycles. The van der Waals surface area contributed by atoms with E-state index in [0.29, 0.717) is 18.8 Å². The molecule has 0 aliphatic carbocycles. The Hall–Kier alpha value is -1.64. The fraction of sp³-hybridized carbons (Fsp3) is 0.417. The predicted octanol–water partition coefficient (Wildman–Crippen LogP) is 1.77. The number of rotatable bonds is 6. The van der Waals surface area contributed by atoms with Gasteiger partial charge in [0.1, 0.15) is 11.9 Å². The first-order chi connectivity index (χ1) is 8.21. The van der Waals surface area contributed by atoms with Crippen LogP contribution < -0.4 is 5.32 Å². The van der Waals surface area contributed by atoms with Gasteiger partial charge in [-0.05, 0) is 18.2 Å². The molecule has 0 bridgehead atoms. The van der Waals surface area contributed by atoms with E-state index in [-0.39, 0.29) is 11.7 Å². The smallest absolute Gasteiger partial charge is 0.143 e. The largest absolute Gasteiger partial charge is 0.382 e. The molecule has 0 amide bonds. The van der Waals surface area contributed by atoms with E-state index in [1.165, 1.54) is 12.1 Å². The van der Waals surface area contributed by atoms with Gasteiger partial charge in [-0.3, -0.25) is 0 Å². The molecule has 1 rings (SSSR count). The van der Waals surface area contributed by atoms with Crippen molar-refractivity contribution in [2.24, 2.45) is 0 Å². The van der Waals surface area contributed by atoms with E-state index < -0.39 is 5.82 Å². The number of nitrogens with one attached hydrogen (secondary N) is 1. The number of nitrogens with zero attached hydrogens (tertiary/aromatic N) is 1. The first-order valence-corrected chi connectivity index (χ1v) is 5.16. The highest BCUT2D eigenvalue weighted by Crippen LogP contribution is 2.13. The Balaban J connectivity index is 2.58. The summed E-state index contributed by atoms with van der Waals surface area (Å²) in [5.41, 5.74) is 0.649. The Morgan fingerprint density at radius 1 is 1.47 bits per heavy atom. The molecular weight excluding hydrogens is 223 g/mol. The zero-order valence-corrected chi connectivity index (χ0v) is 9.87. The van der Waals surface area contributed by atoms with Gasteiger partial charge in [0, 0.05) is 26.5 Å². The summed E-state index contributed by atoms with van der Waals surface area (Å²) < 4.78 is 23.4. The van der Waals surface area contributed by atoms with Crippen LogP contribution >= 0.6 is 0 Å². The van der Waals surface area contributed by atoms with Crippen LogP contribution in [0.1, 0.15) is 5.56 Å². The minimum Gasteiger partial charge on any atom is -0.382 e. The van der Waals surface area contributed by atoms with Gasteiger partial charge in [0.25, 0.3) is 0 Å². The third kappa shape index (κ3) is 4.02. The molecule has 1 atom stereocenters. The molecule has 0 spiro atoms. The SMILES string of the molecule is COCC(CNc1ccc(C#N)c(F)c1)OC. The van der Waals surface area contributed by atoms with Crippen molar-refractivity contribution >= 4 is 5.69 Å². The Morgan fingerprint density at radius 2 is 2.24 bits per heavy atom. The summed E-state index contributed by atoms with van der Waals surface area (Å²) >= 11 is 0. The average Bonchev–Trinajstić information content (AvgIpc) is 2.34. The van der Waals surface area contributed by atoms with Gasteiger partial charge in [-0.25, -0.2) is 4.39 Å². The van der Waals surface area contributed by atoms with Crippen molar-refractivity contribution in [1.29, 1.82) is 5.26 Å². The number of anilines is 1. The third-order valence-electron chi connectivity index (χ3n) is 2.31. The molecule has 17 heavy (non-hydrogen) atoms. The highest BCUT2D eigenvalue weighted by atomic mass is 19.1. The van der Waals surface area contributed by atoms with Crippen LogP contribution in [0.2, 0.25) is 0 Å². The van der Waals surface area contributed by atoms with E-state index in [1.807, 2.05) is 0 Å². The van der Waals surface area contributed by atoms with E-state index in [9.17, 15) is 4.39 Å². The van der Waals surface area contributed by atoms with E-state index in [1.54, 1.807) is 26.4 Å². The fourth-order valence-electron chi connectivity index (χ4n) is 1.34. The summed E-state index contributed by atoms with van der Waals surface area (Å²) in [5.74, 6) is -0.529. The molecule has 1 N–H and O–H groups in total. The van der Waals surface area contributed by atoms with Gasteiger partial charge in [-0.2, -0.15) is 5.26 Å². The van der Waals surface area contributed by atoms with Crippen LogP contribution in [-0.2, 0) is 9.47 Å². The zero-order valence-electron chi connectivity index (χ0n) is 9.87. The van der Waals surface area contributed by atoms with E-state index in [0.717, 1.165) is 0 Å². The zero-order chi connectivity index (χ0) is 12.7. The van der Waals surface area contributed by atoms with Gasteiger partial charge in [0.05, 0.1) is 18.3 Å². The molecule has 92 valence electrons. The number of ether oxygens (including phenoxy) is 2. The molecule has 0 saturated carbocycles. The minimum atomic E-state index is -0.529. The van der Waals surface area contributed by atoms with Gasteiger partial charge in [0.2, 0.25) is 0 Å². The van der Waals surface area contributed by atoms with Crippen molar-refractivity contribution in [3.05, 3.63) is 29.6 Å². The van der Waals surface area contributed by atoms with E-state index >= 15 is 0 Å². The molecule has 0 aliphatic heterocycles. The second kappa shape index (κ2) is 6.84. The van der Waals surface area contributed by atoms with Crippen molar-refractivity contribution in [2.75, 3.05) is 32.7 Å². The lowest BCUT2D eigenvalue weighted by atomic mass is 10.2. The van der Waals surface area contributed by atoms with Crippen LogP contribution in [0.25, 0.3) is 0 Å². The van der Waals surface area contributed by atoms with Crippen LogP contribution in [-0.4, -0.2) is 33.5 Å². The quantitative estimate of drug-likeness (QED) is 0.820. The minimum absolute atomic E-state index is 0.0377. The molecule has 1 aromatic carbocycles. The van der Waals surface area contributed by atoms with Gasteiger partial charge in [-0.15, -0.1) is 0 Å². The summed E-state index contributed by atoms with van der Waals surface area (Å²) in [6.45, 7) is 0.970. The molecule has 0 aromatic heterocycles. The van der Waals surface area contributed by atoms with Crippen molar-refractivity contribution in [2.45, 2.75) is 6.10 Å². The molecular formula is C12H15FN2O2. The summed E-state index contributed by atoms with van der Waals surface area (Å²) in [7, 11) is 3.18. The number of hydrogen-bond acceptors (Lipinski definition) is 4. The number of halogens is 1. The lowest BCUT2D eigenvalue weighted by Gasteiger charge is -2.15. The molecule has 0 aliphatic rings. The Labute approximate surface area is 100.0 Å². The standard InChI is InChI=1S/C12H15FN2O2/c1-16-8-11(17-2)7-15-10-4-3-9(6-14)12(13)5-10/h3-5,11,15H,7-8H2,1-2H3. The average molecular weight is 238 g/mol. The predicted molar refractivity (Wildman–Crippen MR) is 62.3 cm³/mol. The Morgan fingerprint density at radius 3 is 2.76 bits per heavy atom. The monoisotopic (exact) mass is 238 g/mol. The summed E-state index contributed by atoms with van der Waals surface area (Å²) in [5, 5.41) is 11.6. The van der Waals surface area contributed by atoms with Gasteiger partial charge in [0.15, 0.2) is 0 Å². The first-order valence-electron chi connectivity index (χ1n) is 5.16. The normalized spacial score (nSPS) is 11.9. The summed E-state index contributed by atoms with van der Waals surface area (Å²) in [6, 6.07) is 6.16. The van der Waals surface area contributed by atoms with Crippen LogP contribution in [0.4, 0.5) is 10.1 Å². The second-order valence-corrected chi connectivity index (χ2v) is 3.50. The van der Waals surface area contributed by atoms with Crippen molar-refractivity contribution in [3.63, 3.8) is 0 Å². The van der Waals surface area contributed by atoms with Crippen LogP contribution in [0.3, 0.4) is 0 Å². The molecule has 1 aromatic rings. The summed E-state index contributed by atoms with van der Waals surface area (Å²) in [4.78, 5) is 0. The molecule has 5 heteroatoms. The molecule has 4 nitrogen and oxygen atoms in total. The highest BCUT2D eigenvalue weighted by molar-refractivity contribution is 5.48. The summed E-state index contributed by atoms with van der Waals surface area (Å²) in [6.07, 6.45) is -0.0984. The molecule has 1 unspecified atom stereocenters. The number of hydrogen-bond donors (Lipinski definition) is 1. The third-order valence-corrected chi connectivity index (χ3v) is 2.31. The number of benzene rings is 1. The second-order valence-electron chi connectivity index (χ2n) is 3.50. The first kappa shape index (κ1) is 13.4. The van der Waals surface area contributed by atoms with Crippen molar-refractivity contribution < 1.29 is 13.9 Å².